The second kappa shape index (κ2) is 5.98. The van der Waals surface area contributed by atoms with Crippen LogP contribution >= 0.6 is 22.9 Å². The van der Waals surface area contributed by atoms with Crippen LogP contribution in [0.5, 0.6) is 0 Å². The first kappa shape index (κ1) is 11.5. The van der Waals surface area contributed by atoms with Gasteiger partial charge in [0.1, 0.15) is 0 Å². The maximum absolute atomic E-state index is 11.3. The Hall–Kier alpha value is -0.610. The Morgan fingerprint density at radius 3 is 3.07 bits per heavy atom. The Morgan fingerprint density at radius 1 is 1.71 bits per heavy atom. The number of anilines is 1. The van der Waals surface area contributed by atoms with Crippen molar-refractivity contribution in [2.75, 3.05) is 11.2 Å². The van der Waals surface area contributed by atoms with Crippen molar-refractivity contribution >= 4 is 34.0 Å². The van der Waals surface area contributed by atoms with Gasteiger partial charge >= 0.3 is 0 Å². The van der Waals surface area contributed by atoms with Crippen molar-refractivity contribution in [3.8, 4) is 0 Å². The topological polar surface area (TPSA) is 42.0 Å². The first-order valence-corrected chi connectivity index (χ1v) is 5.98. The maximum Gasteiger partial charge on any atom is 0.226 e. The predicted octanol–water partition coefficient (Wildman–Crippen LogP) is 2.66. The Kier molecular flexibility index (Phi) is 4.90. The van der Waals surface area contributed by atoms with Gasteiger partial charge in [-0.1, -0.05) is 6.92 Å². The van der Waals surface area contributed by atoms with Gasteiger partial charge in [-0.2, -0.15) is 0 Å². The fourth-order valence-corrected chi connectivity index (χ4v) is 1.88. The van der Waals surface area contributed by atoms with Crippen LogP contribution in [0.4, 0.5) is 5.13 Å². The van der Waals surface area contributed by atoms with E-state index in [1.54, 1.807) is 0 Å². The van der Waals surface area contributed by atoms with Gasteiger partial charge in [-0.25, -0.2) is 4.98 Å². The molecule has 1 N–H and O–H groups in total. The van der Waals surface area contributed by atoms with Crippen LogP contribution in [0.25, 0.3) is 0 Å². The minimum atomic E-state index is -0.0114. The lowest BCUT2D eigenvalue weighted by Gasteiger charge is -1.98. The average molecular weight is 233 g/mol. The second-order valence-corrected chi connectivity index (χ2v) is 4.07. The van der Waals surface area contributed by atoms with E-state index in [1.807, 2.05) is 12.3 Å². The van der Waals surface area contributed by atoms with Crippen molar-refractivity contribution in [3.05, 3.63) is 11.1 Å². The minimum Gasteiger partial charge on any atom is -0.302 e. The number of alkyl halides is 1. The molecule has 1 rings (SSSR count). The van der Waals surface area contributed by atoms with E-state index in [-0.39, 0.29) is 5.91 Å². The molecule has 0 saturated heterocycles. The summed E-state index contributed by atoms with van der Waals surface area (Å²) in [5.74, 6) is 0.508. The third-order valence-electron chi connectivity index (χ3n) is 1.70. The van der Waals surface area contributed by atoms with Crippen molar-refractivity contribution in [2.24, 2.45) is 0 Å². The molecule has 0 aliphatic rings. The van der Waals surface area contributed by atoms with Gasteiger partial charge in [0.25, 0.3) is 0 Å². The summed E-state index contributed by atoms with van der Waals surface area (Å²) in [5, 5.41) is 5.38. The molecular formula is C9H13ClN2OS. The van der Waals surface area contributed by atoms with Crippen molar-refractivity contribution in [2.45, 2.75) is 26.2 Å². The summed E-state index contributed by atoms with van der Waals surface area (Å²) in [4.78, 5) is 15.5. The molecule has 1 heterocycles. The van der Waals surface area contributed by atoms with E-state index in [4.69, 9.17) is 11.6 Å². The summed E-state index contributed by atoms with van der Waals surface area (Å²) in [6.07, 6.45) is 2.07. The van der Waals surface area contributed by atoms with Gasteiger partial charge in [0.05, 0.1) is 5.69 Å². The molecule has 3 nitrogen and oxygen atoms in total. The number of hydrogen-bond acceptors (Lipinski definition) is 3. The highest BCUT2D eigenvalue weighted by atomic mass is 35.5. The van der Waals surface area contributed by atoms with E-state index >= 15 is 0 Å². The van der Waals surface area contributed by atoms with E-state index in [9.17, 15) is 4.79 Å². The van der Waals surface area contributed by atoms with E-state index in [0.29, 0.717) is 23.9 Å². The molecule has 0 radical (unpaired) electrons. The van der Waals surface area contributed by atoms with Crippen LogP contribution in [0.15, 0.2) is 5.38 Å². The Balaban J connectivity index is 2.39. The maximum atomic E-state index is 11.3. The van der Waals surface area contributed by atoms with Crippen LogP contribution in [0.3, 0.4) is 0 Å². The fourth-order valence-electron chi connectivity index (χ4n) is 0.936. The first-order chi connectivity index (χ1) is 6.76. The van der Waals surface area contributed by atoms with Gasteiger partial charge in [0, 0.05) is 17.7 Å². The number of rotatable bonds is 5. The molecule has 0 aliphatic carbocycles. The minimum absolute atomic E-state index is 0.0114. The monoisotopic (exact) mass is 232 g/mol. The molecule has 0 atom stereocenters. The molecule has 1 aromatic heterocycles. The number of aryl methyl sites for hydroxylation is 1. The number of hydrogen-bond donors (Lipinski definition) is 1. The van der Waals surface area contributed by atoms with Crippen molar-refractivity contribution in [3.63, 3.8) is 0 Å². The van der Waals surface area contributed by atoms with Gasteiger partial charge in [0.15, 0.2) is 5.13 Å². The Bertz CT molecular complexity index is 301. The molecule has 1 aromatic rings. The number of amides is 1. The second-order valence-electron chi connectivity index (χ2n) is 2.84. The van der Waals surface area contributed by atoms with Crippen molar-refractivity contribution in [1.29, 1.82) is 0 Å². The summed E-state index contributed by atoms with van der Waals surface area (Å²) in [6.45, 7) is 2.04. The molecule has 0 aliphatic heterocycles. The van der Waals surface area contributed by atoms with E-state index in [0.717, 1.165) is 12.1 Å². The van der Waals surface area contributed by atoms with Gasteiger partial charge in [-0.3, -0.25) is 4.79 Å². The molecule has 1 amide bonds. The molecule has 0 aromatic carbocycles. The molecule has 0 fully saturated rings. The van der Waals surface area contributed by atoms with E-state index < -0.39 is 0 Å². The largest absolute Gasteiger partial charge is 0.302 e. The van der Waals surface area contributed by atoms with Gasteiger partial charge < -0.3 is 5.32 Å². The molecule has 0 spiro atoms. The molecule has 0 bridgehead atoms. The average Bonchev–Trinajstić information content (AvgIpc) is 2.62. The van der Waals surface area contributed by atoms with Gasteiger partial charge in [-0.15, -0.1) is 22.9 Å². The van der Waals surface area contributed by atoms with Gasteiger partial charge in [-0.05, 0) is 12.8 Å². The number of halogens is 1. The number of thiazole rings is 1. The Labute approximate surface area is 92.5 Å². The third-order valence-corrected chi connectivity index (χ3v) is 2.77. The van der Waals surface area contributed by atoms with Crippen LogP contribution in [0, 0.1) is 0 Å². The number of aromatic nitrogens is 1. The molecular weight excluding hydrogens is 220 g/mol. The molecule has 78 valence electrons. The first-order valence-electron chi connectivity index (χ1n) is 4.56. The number of nitrogens with one attached hydrogen (secondary N) is 1. The lowest BCUT2D eigenvalue weighted by molar-refractivity contribution is -0.116. The zero-order valence-electron chi connectivity index (χ0n) is 8.05. The van der Waals surface area contributed by atoms with Crippen LogP contribution in [0.2, 0.25) is 0 Å². The fraction of sp³-hybridized carbons (Fsp3) is 0.556. The summed E-state index contributed by atoms with van der Waals surface area (Å²) in [6, 6.07) is 0. The van der Waals surface area contributed by atoms with Crippen molar-refractivity contribution < 1.29 is 4.79 Å². The molecule has 5 heteroatoms. The van der Waals surface area contributed by atoms with Crippen LogP contribution in [-0.4, -0.2) is 16.8 Å². The highest BCUT2D eigenvalue weighted by Crippen LogP contribution is 2.15. The summed E-state index contributed by atoms with van der Waals surface area (Å²) in [5.41, 5.74) is 1.02. The van der Waals surface area contributed by atoms with E-state index in [2.05, 4.69) is 10.3 Å². The van der Waals surface area contributed by atoms with Crippen molar-refractivity contribution in [1.82, 2.24) is 4.98 Å². The van der Waals surface area contributed by atoms with Gasteiger partial charge in [0.2, 0.25) is 5.91 Å². The zero-order valence-corrected chi connectivity index (χ0v) is 9.62. The molecule has 14 heavy (non-hydrogen) atoms. The smallest absolute Gasteiger partial charge is 0.226 e. The summed E-state index contributed by atoms with van der Waals surface area (Å²) in [7, 11) is 0. The standard InChI is InChI=1S/C9H13ClN2OS/c1-2-7-6-14-9(11-7)12-8(13)4-3-5-10/h6H,2-5H2,1H3,(H,11,12,13). The van der Waals surface area contributed by atoms with E-state index in [1.165, 1.54) is 11.3 Å². The van der Waals surface area contributed by atoms with Crippen LogP contribution < -0.4 is 5.32 Å². The highest BCUT2D eigenvalue weighted by Gasteiger charge is 2.04. The molecule has 0 unspecified atom stereocenters. The lowest BCUT2D eigenvalue weighted by Crippen LogP contribution is -2.11. The van der Waals surface area contributed by atoms with Crippen LogP contribution in [0.1, 0.15) is 25.5 Å². The SMILES string of the molecule is CCc1csc(NC(=O)CCCCl)n1. The third kappa shape index (κ3) is 3.64. The Morgan fingerprint density at radius 2 is 2.50 bits per heavy atom. The predicted molar refractivity (Wildman–Crippen MR) is 60.1 cm³/mol. The number of carbonyl (C=O) groups is 1. The summed E-state index contributed by atoms with van der Waals surface area (Å²) < 4.78 is 0. The zero-order chi connectivity index (χ0) is 10.4. The normalized spacial score (nSPS) is 10.1. The number of nitrogens with zero attached hydrogens (tertiary/aromatic N) is 1. The lowest BCUT2D eigenvalue weighted by atomic mass is 10.3. The number of carbonyl (C=O) groups excluding carboxylic acids is 1. The van der Waals surface area contributed by atoms with Crippen LogP contribution in [-0.2, 0) is 11.2 Å². The highest BCUT2D eigenvalue weighted by molar-refractivity contribution is 7.13. The molecule has 0 saturated carbocycles. The summed E-state index contributed by atoms with van der Waals surface area (Å²) >= 11 is 6.94. The quantitative estimate of drug-likeness (QED) is 0.794.